The third-order valence-corrected chi connectivity index (χ3v) is 3.72. The number of carbonyl (C=O) groups excluding carboxylic acids is 2. The fourth-order valence-electron chi connectivity index (χ4n) is 2.22. The van der Waals surface area contributed by atoms with Crippen LogP contribution >= 0.6 is 0 Å². The van der Waals surface area contributed by atoms with E-state index in [0.717, 1.165) is 5.56 Å². The molecule has 2 amide bonds. The summed E-state index contributed by atoms with van der Waals surface area (Å²) in [5, 5.41) is 0. The van der Waals surface area contributed by atoms with Crippen molar-refractivity contribution >= 4 is 12.0 Å². The maximum Gasteiger partial charge on any atom is 0.409 e. The molecular weight excluding hydrogens is 332 g/mol. The van der Waals surface area contributed by atoms with Crippen molar-refractivity contribution in [2.24, 2.45) is 0 Å². The van der Waals surface area contributed by atoms with Gasteiger partial charge in [0.15, 0.2) is 0 Å². The second-order valence-corrected chi connectivity index (χ2v) is 6.01. The van der Waals surface area contributed by atoms with Crippen molar-refractivity contribution in [3.63, 3.8) is 0 Å². The van der Waals surface area contributed by atoms with Crippen molar-refractivity contribution in [2.45, 2.75) is 6.61 Å². The molecule has 6 nitrogen and oxygen atoms in total. The third-order valence-electron chi connectivity index (χ3n) is 3.72. The van der Waals surface area contributed by atoms with Crippen LogP contribution in [-0.4, -0.2) is 56.1 Å². The summed E-state index contributed by atoms with van der Waals surface area (Å²) in [6.45, 7) is 0.831. The van der Waals surface area contributed by atoms with Gasteiger partial charge in [-0.25, -0.2) is 4.79 Å². The Bertz CT molecular complexity index is 732. The molecule has 0 radical (unpaired) electrons. The lowest BCUT2D eigenvalue weighted by Crippen LogP contribution is -2.31. The number of hydrogen-bond donors (Lipinski definition) is 0. The van der Waals surface area contributed by atoms with E-state index in [1.807, 2.05) is 30.3 Å². The summed E-state index contributed by atoms with van der Waals surface area (Å²) in [5.74, 6) is 0.369. The van der Waals surface area contributed by atoms with E-state index in [9.17, 15) is 9.59 Å². The van der Waals surface area contributed by atoms with Crippen LogP contribution in [-0.2, 0) is 11.3 Å². The molecular formula is C20H24N2O4. The van der Waals surface area contributed by atoms with Gasteiger partial charge in [-0.05, 0) is 17.7 Å². The van der Waals surface area contributed by atoms with Crippen LogP contribution < -0.4 is 4.74 Å². The molecule has 6 heteroatoms. The van der Waals surface area contributed by atoms with Crippen molar-refractivity contribution < 1.29 is 19.1 Å². The predicted octanol–water partition coefficient (Wildman–Crippen LogP) is 3.04. The maximum atomic E-state index is 12.2. The van der Waals surface area contributed by atoms with Gasteiger partial charge in [-0.2, -0.15) is 0 Å². The number of nitrogens with zero attached hydrogens (tertiary/aromatic N) is 2. The van der Waals surface area contributed by atoms with E-state index in [0.29, 0.717) is 17.9 Å². The summed E-state index contributed by atoms with van der Waals surface area (Å²) in [4.78, 5) is 27.1. The smallest absolute Gasteiger partial charge is 0.409 e. The molecule has 0 bridgehead atoms. The van der Waals surface area contributed by atoms with Gasteiger partial charge in [0.1, 0.15) is 19.0 Å². The zero-order valence-corrected chi connectivity index (χ0v) is 15.3. The Morgan fingerprint density at radius 3 is 2.27 bits per heavy atom. The molecule has 0 N–H and O–H groups in total. The van der Waals surface area contributed by atoms with E-state index in [2.05, 4.69) is 0 Å². The molecule has 2 aromatic rings. The van der Waals surface area contributed by atoms with Crippen LogP contribution in [0.1, 0.15) is 15.9 Å². The summed E-state index contributed by atoms with van der Waals surface area (Å²) in [5.41, 5.74) is 1.42. The second kappa shape index (κ2) is 9.46. The quantitative estimate of drug-likeness (QED) is 0.765. The van der Waals surface area contributed by atoms with E-state index >= 15 is 0 Å². The molecule has 0 saturated heterocycles. The van der Waals surface area contributed by atoms with E-state index in [4.69, 9.17) is 9.47 Å². The number of hydrogen-bond acceptors (Lipinski definition) is 4. The lowest BCUT2D eigenvalue weighted by atomic mass is 10.2. The van der Waals surface area contributed by atoms with Gasteiger partial charge in [0.25, 0.3) is 5.91 Å². The van der Waals surface area contributed by atoms with E-state index < -0.39 is 6.09 Å². The lowest BCUT2D eigenvalue weighted by molar-refractivity contribution is 0.0819. The van der Waals surface area contributed by atoms with Crippen molar-refractivity contribution in [1.82, 2.24) is 9.80 Å². The van der Waals surface area contributed by atoms with E-state index in [1.165, 1.54) is 9.80 Å². The maximum absolute atomic E-state index is 12.2. The SMILES string of the molecule is CN(C)C(=O)c1ccccc1OCCN(C)C(=O)OCc1ccccc1. The molecule has 0 aromatic heterocycles. The molecule has 26 heavy (non-hydrogen) atoms. The summed E-state index contributed by atoms with van der Waals surface area (Å²) >= 11 is 0. The Morgan fingerprint density at radius 1 is 0.923 bits per heavy atom. The van der Waals surface area contributed by atoms with Gasteiger partial charge in [0.2, 0.25) is 0 Å². The Balaban J connectivity index is 1.82. The number of benzene rings is 2. The average molecular weight is 356 g/mol. The summed E-state index contributed by atoms with van der Waals surface area (Å²) < 4.78 is 11.0. The van der Waals surface area contributed by atoms with E-state index in [-0.39, 0.29) is 19.1 Å². The average Bonchev–Trinajstić information content (AvgIpc) is 2.66. The molecule has 0 atom stereocenters. The normalized spacial score (nSPS) is 10.1. The molecule has 0 unspecified atom stereocenters. The number of likely N-dealkylation sites (N-methyl/N-ethyl adjacent to an activating group) is 1. The minimum Gasteiger partial charge on any atom is -0.491 e. The Hall–Kier alpha value is -3.02. The topological polar surface area (TPSA) is 59.1 Å². The Kier molecular flexibility index (Phi) is 7.02. The highest BCUT2D eigenvalue weighted by molar-refractivity contribution is 5.96. The minimum absolute atomic E-state index is 0.128. The van der Waals surface area contributed by atoms with Crippen molar-refractivity contribution in [3.05, 3.63) is 65.7 Å². The van der Waals surface area contributed by atoms with Crippen molar-refractivity contribution in [2.75, 3.05) is 34.3 Å². The molecule has 0 aliphatic heterocycles. The number of amides is 2. The number of rotatable bonds is 7. The summed E-state index contributed by atoms with van der Waals surface area (Å²) in [6.07, 6.45) is -0.421. The number of para-hydroxylation sites is 1. The molecule has 2 rings (SSSR count). The molecule has 0 saturated carbocycles. The van der Waals surface area contributed by atoms with Gasteiger partial charge in [0, 0.05) is 21.1 Å². The highest BCUT2D eigenvalue weighted by Gasteiger charge is 2.15. The van der Waals surface area contributed by atoms with E-state index in [1.54, 1.807) is 45.4 Å². The first kappa shape index (κ1) is 19.3. The predicted molar refractivity (Wildman–Crippen MR) is 99.2 cm³/mol. The molecule has 0 fully saturated rings. The van der Waals surface area contributed by atoms with Crippen molar-refractivity contribution in [1.29, 1.82) is 0 Å². The zero-order chi connectivity index (χ0) is 18.9. The first-order chi connectivity index (χ1) is 12.5. The zero-order valence-electron chi connectivity index (χ0n) is 15.3. The van der Waals surface area contributed by atoms with Crippen LogP contribution in [0.15, 0.2) is 54.6 Å². The largest absolute Gasteiger partial charge is 0.491 e. The summed E-state index contributed by atoms with van der Waals surface area (Å²) in [7, 11) is 5.03. The Morgan fingerprint density at radius 2 is 1.58 bits per heavy atom. The standard InChI is InChI=1S/C20H24N2O4/c1-21(2)19(23)17-11-7-8-12-18(17)25-14-13-22(3)20(24)26-15-16-9-5-4-6-10-16/h4-12H,13-15H2,1-3H3. The first-order valence-electron chi connectivity index (χ1n) is 8.34. The lowest BCUT2D eigenvalue weighted by Gasteiger charge is -2.18. The Labute approximate surface area is 153 Å². The molecule has 0 heterocycles. The van der Waals surface area contributed by atoms with Gasteiger partial charge in [-0.15, -0.1) is 0 Å². The van der Waals surface area contributed by atoms with Crippen LogP contribution in [0.25, 0.3) is 0 Å². The van der Waals surface area contributed by atoms with Crippen LogP contribution in [0.5, 0.6) is 5.75 Å². The third kappa shape index (κ3) is 5.51. The fourth-order valence-corrected chi connectivity index (χ4v) is 2.22. The molecule has 0 aliphatic carbocycles. The summed E-state index contributed by atoms with van der Waals surface area (Å²) in [6, 6.07) is 16.6. The van der Waals surface area contributed by atoms with Crippen LogP contribution in [0, 0.1) is 0 Å². The minimum atomic E-state index is -0.421. The van der Waals surface area contributed by atoms with Gasteiger partial charge < -0.3 is 19.3 Å². The molecule has 0 spiro atoms. The van der Waals surface area contributed by atoms with Gasteiger partial charge in [0.05, 0.1) is 12.1 Å². The van der Waals surface area contributed by atoms with Crippen LogP contribution in [0.4, 0.5) is 4.79 Å². The first-order valence-corrected chi connectivity index (χ1v) is 8.34. The van der Waals surface area contributed by atoms with Crippen molar-refractivity contribution in [3.8, 4) is 5.75 Å². The van der Waals surface area contributed by atoms with Crippen LogP contribution in [0.3, 0.4) is 0 Å². The molecule has 0 aliphatic rings. The number of carbonyl (C=O) groups is 2. The van der Waals surface area contributed by atoms with Gasteiger partial charge in [-0.3, -0.25) is 4.79 Å². The monoisotopic (exact) mass is 356 g/mol. The van der Waals surface area contributed by atoms with Crippen LogP contribution in [0.2, 0.25) is 0 Å². The van der Waals surface area contributed by atoms with Gasteiger partial charge in [-0.1, -0.05) is 42.5 Å². The molecule has 2 aromatic carbocycles. The van der Waals surface area contributed by atoms with Gasteiger partial charge >= 0.3 is 6.09 Å². The fraction of sp³-hybridized carbons (Fsp3) is 0.300. The highest BCUT2D eigenvalue weighted by Crippen LogP contribution is 2.19. The highest BCUT2D eigenvalue weighted by atomic mass is 16.6. The molecule has 138 valence electrons. The second-order valence-electron chi connectivity index (χ2n) is 6.01. The number of ether oxygens (including phenoxy) is 2.